The van der Waals surface area contributed by atoms with Crippen molar-refractivity contribution < 1.29 is 4.79 Å². The van der Waals surface area contributed by atoms with E-state index in [9.17, 15) is 4.79 Å². The van der Waals surface area contributed by atoms with Gasteiger partial charge in [-0.2, -0.15) is 0 Å². The van der Waals surface area contributed by atoms with Crippen LogP contribution in [0.25, 0.3) is 0 Å². The van der Waals surface area contributed by atoms with E-state index in [2.05, 4.69) is 11.4 Å². The molecular weight excluding hydrogens is 222 g/mol. The second kappa shape index (κ2) is 4.10. The maximum atomic E-state index is 12.0. The Morgan fingerprint density at radius 1 is 1.31 bits per heavy atom. The lowest BCUT2D eigenvalue weighted by molar-refractivity contribution is 0.0936. The summed E-state index contributed by atoms with van der Waals surface area (Å²) in [5, 5.41) is 3.02. The summed E-state index contributed by atoms with van der Waals surface area (Å²) in [5.74, 6) is 0.494. The number of nitrogens with one attached hydrogen (secondary N) is 1. The van der Waals surface area contributed by atoms with Gasteiger partial charge in [-0.05, 0) is 38.8 Å². The molecule has 0 aliphatic heterocycles. The molecule has 1 aliphatic carbocycles. The molecule has 0 radical (unpaired) electrons. The average molecular weight is 238 g/mol. The van der Waals surface area contributed by atoms with Crippen LogP contribution in [-0.4, -0.2) is 17.3 Å². The molecule has 1 N–H and O–H groups in total. The van der Waals surface area contributed by atoms with Gasteiger partial charge in [0, 0.05) is 11.4 Å². The smallest absolute Gasteiger partial charge is 0.251 e. The number of aryl methyl sites for hydroxylation is 2. The summed E-state index contributed by atoms with van der Waals surface area (Å²) in [5.41, 5.74) is 2.83. The first-order valence-electron chi connectivity index (χ1n) is 5.51. The molecule has 1 fully saturated rings. The zero-order valence-corrected chi connectivity index (χ0v) is 10.4. The molecule has 1 aromatic carbocycles. The van der Waals surface area contributed by atoms with Gasteiger partial charge < -0.3 is 5.32 Å². The largest absolute Gasteiger partial charge is 0.345 e. The third-order valence-corrected chi connectivity index (χ3v) is 3.48. The summed E-state index contributed by atoms with van der Waals surface area (Å²) in [7, 11) is 0. The number of amides is 1. The average Bonchev–Trinajstić information content (AvgIpc) is 2.97. The van der Waals surface area contributed by atoms with Crippen LogP contribution >= 0.6 is 11.6 Å². The van der Waals surface area contributed by atoms with Crippen molar-refractivity contribution in [3.8, 4) is 0 Å². The van der Waals surface area contributed by atoms with Gasteiger partial charge in [-0.25, -0.2) is 0 Å². The Morgan fingerprint density at radius 2 is 1.88 bits per heavy atom. The van der Waals surface area contributed by atoms with Crippen LogP contribution in [0.15, 0.2) is 18.2 Å². The molecular formula is C13H16ClNO. The zero-order chi connectivity index (χ0) is 11.8. The van der Waals surface area contributed by atoms with Gasteiger partial charge in [-0.3, -0.25) is 4.79 Å². The molecule has 1 aliphatic rings. The molecule has 16 heavy (non-hydrogen) atoms. The highest BCUT2D eigenvalue weighted by atomic mass is 35.5. The Kier molecular flexibility index (Phi) is 2.94. The van der Waals surface area contributed by atoms with Crippen LogP contribution in [0.5, 0.6) is 0 Å². The van der Waals surface area contributed by atoms with E-state index in [1.807, 2.05) is 26.0 Å². The van der Waals surface area contributed by atoms with Crippen molar-refractivity contribution in [2.45, 2.75) is 32.2 Å². The van der Waals surface area contributed by atoms with E-state index >= 15 is 0 Å². The number of alkyl halides is 1. The quantitative estimate of drug-likeness (QED) is 0.805. The fourth-order valence-corrected chi connectivity index (χ4v) is 2.20. The Balaban J connectivity index is 2.14. The molecule has 1 aromatic rings. The topological polar surface area (TPSA) is 29.1 Å². The normalized spacial score (nSPS) is 16.9. The van der Waals surface area contributed by atoms with Gasteiger partial charge in [0.1, 0.15) is 0 Å². The van der Waals surface area contributed by atoms with Crippen LogP contribution in [-0.2, 0) is 0 Å². The first-order chi connectivity index (χ1) is 7.54. The zero-order valence-electron chi connectivity index (χ0n) is 9.64. The molecule has 86 valence electrons. The number of hydrogen-bond donors (Lipinski definition) is 1. The molecule has 1 amide bonds. The molecule has 0 saturated heterocycles. The molecule has 2 rings (SSSR count). The first kappa shape index (κ1) is 11.5. The highest BCUT2D eigenvalue weighted by molar-refractivity contribution is 6.19. The van der Waals surface area contributed by atoms with E-state index in [1.165, 1.54) is 0 Å². The monoisotopic (exact) mass is 237 g/mol. The minimum atomic E-state index is -0.129. The lowest BCUT2D eigenvalue weighted by atomic mass is 10.1. The maximum Gasteiger partial charge on any atom is 0.251 e. The standard InChI is InChI=1S/C13H16ClNO/c1-9-5-10(2)7-11(6-9)12(16)15-13(8-14)3-4-13/h5-7H,3-4,8H2,1-2H3,(H,15,16). The predicted octanol–water partition coefficient (Wildman–Crippen LogP) is 2.80. The molecule has 0 heterocycles. The van der Waals surface area contributed by atoms with E-state index in [0.717, 1.165) is 29.5 Å². The third-order valence-electron chi connectivity index (χ3n) is 2.97. The van der Waals surface area contributed by atoms with E-state index in [0.29, 0.717) is 5.88 Å². The molecule has 0 aromatic heterocycles. The SMILES string of the molecule is Cc1cc(C)cc(C(=O)NC2(CCl)CC2)c1. The van der Waals surface area contributed by atoms with Gasteiger partial charge in [0.05, 0.1) is 5.54 Å². The first-order valence-corrected chi connectivity index (χ1v) is 6.05. The lowest BCUT2D eigenvalue weighted by Gasteiger charge is -2.14. The van der Waals surface area contributed by atoms with Crippen LogP contribution in [0, 0.1) is 13.8 Å². The van der Waals surface area contributed by atoms with Gasteiger partial charge in [0.2, 0.25) is 0 Å². The van der Waals surface area contributed by atoms with Crippen molar-refractivity contribution in [2.75, 3.05) is 5.88 Å². The van der Waals surface area contributed by atoms with E-state index < -0.39 is 0 Å². The van der Waals surface area contributed by atoms with Gasteiger partial charge in [-0.15, -0.1) is 11.6 Å². The Morgan fingerprint density at radius 3 is 2.31 bits per heavy atom. The maximum absolute atomic E-state index is 12.0. The van der Waals surface area contributed by atoms with Crippen LogP contribution in [0.1, 0.15) is 34.3 Å². The molecule has 0 bridgehead atoms. The van der Waals surface area contributed by atoms with Gasteiger partial charge >= 0.3 is 0 Å². The predicted molar refractivity (Wildman–Crippen MR) is 66.1 cm³/mol. The summed E-state index contributed by atoms with van der Waals surface area (Å²) in [4.78, 5) is 12.0. The summed E-state index contributed by atoms with van der Waals surface area (Å²) in [6.45, 7) is 4.00. The molecule has 0 unspecified atom stereocenters. The second-order valence-corrected chi connectivity index (χ2v) is 5.01. The van der Waals surface area contributed by atoms with E-state index in [-0.39, 0.29) is 11.4 Å². The summed E-state index contributed by atoms with van der Waals surface area (Å²) < 4.78 is 0. The molecule has 0 atom stereocenters. The summed E-state index contributed by atoms with van der Waals surface area (Å²) in [6.07, 6.45) is 1.99. The third kappa shape index (κ3) is 2.38. The highest BCUT2D eigenvalue weighted by Crippen LogP contribution is 2.36. The van der Waals surface area contributed by atoms with Crippen LogP contribution in [0.4, 0.5) is 0 Å². The van der Waals surface area contributed by atoms with Crippen LogP contribution in [0.2, 0.25) is 0 Å². The number of carbonyl (C=O) groups excluding carboxylic acids is 1. The number of rotatable bonds is 3. The van der Waals surface area contributed by atoms with Crippen molar-refractivity contribution in [1.29, 1.82) is 0 Å². The van der Waals surface area contributed by atoms with Crippen molar-refractivity contribution in [3.63, 3.8) is 0 Å². The van der Waals surface area contributed by atoms with Crippen molar-refractivity contribution >= 4 is 17.5 Å². The number of carbonyl (C=O) groups is 1. The number of halogens is 1. The fraction of sp³-hybridized carbons (Fsp3) is 0.462. The van der Waals surface area contributed by atoms with E-state index in [1.54, 1.807) is 0 Å². The fourth-order valence-electron chi connectivity index (χ4n) is 1.86. The van der Waals surface area contributed by atoms with Crippen LogP contribution < -0.4 is 5.32 Å². The Labute approximate surface area is 101 Å². The summed E-state index contributed by atoms with van der Waals surface area (Å²) >= 11 is 5.84. The van der Waals surface area contributed by atoms with Crippen molar-refractivity contribution in [1.82, 2.24) is 5.32 Å². The van der Waals surface area contributed by atoms with Crippen molar-refractivity contribution in [2.24, 2.45) is 0 Å². The van der Waals surface area contributed by atoms with Gasteiger partial charge in [0.15, 0.2) is 0 Å². The van der Waals surface area contributed by atoms with Crippen LogP contribution in [0.3, 0.4) is 0 Å². The minimum absolute atomic E-state index is 0.00931. The number of hydrogen-bond acceptors (Lipinski definition) is 1. The highest BCUT2D eigenvalue weighted by Gasteiger charge is 2.43. The lowest BCUT2D eigenvalue weighted by Crippen LogP contribution is -2.38. The van der Waals surface area contributed by atoms with Crippen molar-refractivity contribution in [3.05, 3.63) is 34.9 Å². The Hall–Kier alpha value is -1.02. The Bertz CT molecular complexity index is 404. The molecule has 1 saturated carbocycles. The number of benzene rings is 1. The molecule has 3 heteroatoms. The summed E-state index contributed by atoms with van der Waals surface area (Å²) in [6, 6.07) is 5.88. The van der Waals surface area contributed by atoms with Gasteiger partial charge in [-0.1, -0.05) is 17.2 Å². The minimum Gasteiger partial charge on any atom is -0.345 e. The van der Waals surface area contributed by atoms with Gasteiger partial charge in [0.25, 0.3) is 5.91 Å². The molecule has 0 spiro atoms. The second-order valence-electron chi connectivity index (χ2n) is 4.74. The molecule has 2 nitrogen and oxygen atoms in total. The van der Waals surface area contributed by atoms with E-state index in [4.69, 9.17) is 11.6 Å².